The Morgan fingerprint density at radius 2 is 2.29 bits per heavy atom. The van der Waals surface area contributed by atoms with Gasteiger partial charge in [0, 0.05) is 13.0 Å². The first kappa shape index (κ1) is 10.9. The van der Waals surface area contributed by atoms with Crippen molar-refractivity contribution in [1.82, 2.24) is 0 Å². The average molecular weight is 214 g/mol. The molecule has 0 saturated carbocycles. The van der Waals surface area contributed by atoms with Gasteiger partial charge in [0.15, 0.2) is 0 Å². The maximum Gasteiger partial charge on any atom is 0.221 e. The van der Waals surface area contributed by atoms with Crippen LogP contribution in [0.25, 0.3) is 0 Å². The van der Waals surface area contributed by atoms with Crippen LogP contribution in [0.4, 0.5) is 5.69 Å². The highest BCUT2D eigenvalue weighted by Crippen LogP contribution is 2.26. The van der Waals surface area contributed by atoms with Gasteiger partial charge in [0.1, 0.15) is 5.75 Å². The Balaban J connectivity index is 2.90. The van der Waals surface area contributed by atoms with E-state index in [0.29, 0.717) is 23.1 Å². The lowest BCUT2D eigenvalue weighted by atomic mass is 10.3. The lowest BCUT2D eigenvalue weighted by Gasteiger charge is -2.08. The van der Waals surface area contributed by atoms with Crippen LogP contribution >= 0.6 is 11.6 Å². The van der Waals surface area contributed by atoms with Gasteiger partial charge in [-0.25, -0.2) is 0 Å². The molecule has 1 rings (SSSR count). The lowest BCUT2D eigenvalue weighted by molar-refractivity contribution is -0.114. The molecule has 1 amide bonds. The standard InChI is InChI=1S/C10H12ClNO2/c1-3-14-8-4-5-9(11)10(6-8)12-7(2)13/h4-6H,3H2,1-2H3,(H,12,13). The summed E-state index contributed by atoms with van der Waals surface area (Å²) < 4.78 is 5.27. The lowest BCUT2D eigenvalue weighted by Crippen LogP contribution is -2.06. The molecule has 0 radical (unpaired) electrons. The Hall–Kier alpha value is -1.22. The molecule has 0 aliphatic carbocycles. The summed E-state index contributed by atoms with van der Waals surface area (Å²) in [5.41, 5.74) is 0.574. The number of rotatable bonds is 3. The van der Waals surface area contributed by atoms with Crippen LogP contribution < -0.4 is 10.1 Å². The number of benzene rings is 1. The third-order valence-corrected chi connectivity index (χ3v) is 1.89. The van der Waals surface area contributed by atoms with Gasteiger partial charge in [-0.05, 0) is 19.1 Å². The van der Waals surface area contributed by atoms with E-state index < -0.39 is 0 Å². The van der Waals surface area contributed by atoms with Gasteiger partial charge in [-0.15, -0.1) is 0 Å². The molecule has 3 nitrogen and oxygen atoms in total. The number of amides is 1. The molecular weight excluding hydrogens is 202 g/mol. The molecule has 0 aliphatic rings. The molecule has 0 fully saturated rings. The van der Waals surface area contributed by atoms with Crippen LogP contribution in [0.1, 0.15) is 13.8 Å². The van der Waals surface area contributed by atoms with E-state index in [1.807, 2.05) is 6.92 Å². The largest absolute Gasteiger partial charge is 0.494 e. The molecule has 0 aromatic heterocycles. The highest BCUT2D eigenvalue weighted by atomic mass is 35.5. The maximum absolute atomic E-state index is 10.8. The van der Waals surface area contributed by atoms with Gasteiger partial charge >= 0.3 is 0 Å². The number of hydrogen-bond donors (Lipinski definition) is 1. The van der Waals surface area contributed by atoms with E-state index >= 15 is 0 Å². The Bertz CT molecular complexity index is 339. The highest BCUT2D eigenvalue weighted by molar-refractivity contribution is 6.33. The van der Waals surface area contributed by atoms with Crippen LogP contribution in [0.2, 0.25) is 5.02 Å². The van der Waals surface area contributed by atoms with Crippen LogP contribution in [0.15, 0.2) is 18.2 Å². The molecular formula is C10H12ClNO2. The second-order valence-electron chi connectivity index (χ2n) is 2.76. The van der Waals surface area contributed by atoms with Crippen molar-refractivity contribution in [2.45, 2.75) is 13.8 Å². The van der Waals surface area contributed by atoms with E-state index in [0.717, 1.165) is 0 Å². The Kier molecular flexibility index (Phi) is 3.77. The van der Waals surface area contributed by atoms with Gasteiger partial charge < -0.3 is 10.1 Å². The average Bonchev–Trinajstić information content (AvgIpc) is 2.10. The molecule has 0 unspecified atom stereocenters. The minimum absolute atomic E-state index is 0.152. The van der Waals surface area contributed by atoms with E-state index in [2.05, 4.69) is 5.32 Å². The van der Waals surface area contributed by atoms with Crippen molar-refractivity contribution in [3.8, 4) is 5.75 Å². The quantitative estimate of drug-likeness (QED) is 0.839. The summed E-state index contributed by atoms with van der Waals surface area (Å²) in [6, 6.07) is 5.15. The van der Waals surface area contributed by atoms with Gasteiger partial charge in [0.2, 0.25) is 5.91 Å². The van der Waals surface area contributed by atoms with Crippen LogP contribution in [-0.2, 0) is 4.79 Å². The molecule has 0 aliphatic heterocycles. The molecule has 14 heavy (non-hydrogen) atoms. The molecule has 1 N–H and O–H groups in total. The van der Waals surface area contributed by atoms with Crippen LogP contribution in [0, 0.1) is 0 Å². The first-order chi connectivity index (χ1) is 6.63. The molecule has 4 heteroatoms. The summed E-state index contributed by atoms with van der Waals surface area (Å²) in [7, 11) is 0. The van der Waals surface area contributed by atoms with Crippen molar-refractivity contribution in [3.05, 3.63) is 23.2 Å². The fourth-order valence-electron chi connectivity index (χ4n) is 1.05. The van der Waals surface area contributed by atoms with Crippen molar-refractivity contribution in [1.29, 1.82) is 0 Å². The summed E-state index contributed by atoms with van der Waals surface area (Å²) >= 11 is 5.87. The summed E-state index contributed by atoms with van der Waals surface area (Å²) in [5.74, 6) is 0.543. The molecule has 1 aromatic carbocycles. The van der Waals surface area contributed by atoms with Gasteiger partial charge in [-0.3, -0.25) is 4.79 Å². The van der Waals surface area contributed by atoms with Gasteiger partial charge in [0.05, 0.1) is 17.3 Å². The minimum atomic E-state index is -0.152. The van der Waals surface area contributed by atoms with Crippen LogP contribution in [0.5, 0.6) is 5.75 Å². The Morgan fingerprint density at radius 3 is 2.86 bits per heavy atom. The third-order valence-electron chi connectivity index (χ3n) is 1.56. The zero-order valence-electron chi connectivity index (χ0n) is 8.13. The number of nitrogens with one attached hydrogen (secondary N) is 1. The molecule has 1 aromatic rings. The van der Waals surface area contributed by atoms with Crippen molar-refractivity contribution >= 4 is 23.2 Å². The van der Waals surface area contributed by atoms with E-state index in [1.54, 1.807) is 18.2 Å². The smallest absolute Gasteiger partial charge is 0.221 e. The number of ether oxygens (including phenoxy) is 1. The first-order valence-corrected chi connectivity index (χ1v) is 4.71. The van der Waals surface area contributed by atoms with Gasteiger partial charge in [-0.2, -0.15) is 0 Å². The monoisotopic (exact) mass is 213 g/mol. The van der Waals surface area contributed by atoms with Crippen molar-refractivity contribution in [2.75, 3.05) is 11.9 Å². The molecule has 0 atom stereocenters. The van der Waals surface area contributed by atoms with E-state index in [-0.39, 0.29) is 5.91 Å². The SMILES string of the molecule is CCOc1ccc(Cl)c(NC(C)=O)c1. The first-order valence-electron chi connectivity index (χ1n) is 4.33. The van der Waals surface area contributed by atoms with Gasteiger partial charge in [0.25, 0.3) is 0 Å². The predicted octanol–water partition coefficient (Wildman–Crippen LogP) is 2.70. The summed E-state index contributed by atoms with van der Waals surface area (Å²) in [6.07, 6.45) is 0. The Labute approximate surface area is 88.0 Å². The number of carbonyl (C=O) groups is 1. The van der Waals surface area contributed by atoms with E-state index in [9.17, 15) is 4.79 Å². The zero-order chi connectivity index (χ0) is 10.6. The summed E-state index contributed by atoms with van der Waals surface area (Å²) in [5, 5.41) is 3.12. The normalized spacial score (nSPS) is 9.64. The molecule has 0 spiro atoms. The topological polar surface area (TPSA) is 38.3 Å². The molecule has 0 bridgehead atoms. The fraction of sp³-hybridized carbons (Fsp3) is 0.300. The van der Waals surface area contributed by atoms with Crippen LogP contribution in [-0.4, -0.2) is 12.5 Å². The second kappa shape index (κ2) is 4.86. The molecule has 0 saturated heterocycles. The fourth-order valence-corrected chi connectivity index (χ4v) is 1.21. The van der Waals surface area contributed by atoms with Crippen molar-refractivity contribution < 1.29 is 9.53 Å². The summed E-state index contributed by atoms with van der Waals surface area (Å²) in [6.45, 7) is 3.91. The zero-order valence-corrected chi connectivity index (χ0v) is 8.89. The maximum atomic E-state index is 10.8. The predicted molar refractivity (Wildman–Crippen MR) is 56.9 cm³/mol. The van der Waals surface area contributed by atoms with Crippen LogP contribution in [0.3, 0.4) is 0 Å². The number of anilines is 1. The third kappa shape index (κ3) is 2.92. The number of carbonyl (C=O) groups excluding carboxylic acids is 1. The van der Waals surface area contributed by atoms with E-state index in [1.165, 1.54) is 6.92 Å². The van der Waals surface area contributed by atoms with E-state index in [4.69, 9.17) is 16.3 Å². The molecule has 76 valence electrons. The summed E-state index contributed by atoms with van der Waals surface area (Å²) in [4.78, 5) is 10.8. The highest BCUT2D eigenvalue weighted by Gasteiger charge is 2.03. The number of hydrogen-bond acceptors (Lipinski definition) is 2. The Morgan fingerprint density at radius 1 is 1.57 bits per heavy atom. The molecule has 0 heterocycles. The van der Waals surface area contributed by atoms with Gasteiger partial charge in [-0.1, -0.05) is 11.6 Å². The van der Waals surface area contributed by atoms with Crippen molar-refractivity contribution in [3.63, 3.8) is 0 Å². The van der Waals surface area contributed by atoms with Crippen molar-refractivity contribution in [2.24, 2.45) is 0 Å². The number of halogens is 1. The second-order valence-corrected chi connectivity index (χ2v) is 3.16. The minimum Gasteiger partial charge on any atom is -0.494 e.